The molecule has 1 aliphatic rings. The topological polar surface area (TPSA) is 44.0 Å². The molecule has 2 heterocycles. The summed E-state index contributed by atoms with van der Waals surface area (Å²) >= 11 is 6.03. The van der Waals surface area contributed by atoms with Crippen molar-refractivity contribution in [2.75, 3.05) is 18.0 Å². The molecular weight excluding hydrogens is 260 g/mol. The second-order valence-electron chi connectivity index (χ2n) is 4.83. The summed E-state index contributed by atoms with van der Waals surface area (Å²) in [4.78, 5) is 9.69. The summed E-state index contributed by atoms with van der Waals surface area (Å²) in [5.41, 5.74) is 1.20. The zero-order valence-electron chi connectivity index (χ0n) is 10.6. The van der Waals surface area contributed by atoms with Gasteiger partial charge in [0.1, 0.15) is 5.82 Å². The smallest absolute Gasteiger partial charge is 0.120 e. The highest BCUT2D eigenvalue weighted by Crippen LogP contribution is 2.23. The van der Waals surface area contributed by atoms with Crippen molar-refractivity contribution in [3.05, 3.63) is 47.5 Å². The van der Waals surface area contributed by atoms with E-state index < -0.39 is 0 Å². The first kappa shape index (κ1) is 12.5. The number of benzene rings is 1. The standard InChI is InChI=1S/C14H17ClN4/c15-11-2-1-3-13(8-11)19-7-4-12(10-19)18-9-14-16-5-6-17-14/h1-3,5-6,8,12,18H,4,7,9-10H2,(H,16,17). The van der Waals surface area contributed by atoms with E-state index in [9.17, 15) is 0 Å². The largest absolute Gasteiger partial charge is 0.370 e. The number of H-pyrrole nitrogens is 1. The van der Waals surface area contributed by atoms with Gasteiger partial charge in [-0.1, -0.05) is 17.7 Å². The highest BCUT2D eigenvalue weighted by Gasteiger charge is 2.22. The Morgan fingerprint density at radius 2 is 2.42 bits per heavy atom. The molecule has 1 aliphatic heterocycles. The van der Waals surface area contributed by atoms with Gasteiger partial charge in [-0.2, -0.15) is 0 Å². The number of halogens is 1. The zero-order valence-corrected chi connectivity index (χ0v) is 11.4. The van der Waals surface area contributed by atoms with Gasteiger partial charge in [-0.25, -0.2) is 4.98 Å². The molecule has 100 valence electrons. The number of rotatable bonds is 4. The number of nitrogens with one attached hydrogen (secondary N) is 2. The quantitative estimate of drug-likeness (QED) is 0.901. The molecule has 1 unspecified atom stereocenters. The van der Waals surface area contributed by atoms with Crippen molar-refractivity contribution in [2.24, 2.45) is 0 Å². The van der Waals surface area contributed by atoms with Gasteiger partial charge in [-0.05, 0) is 24.6 Å². The highest BCUT2D eigenvalue weighted by molar-refractivity contribution is 6.30. The van der Waals surface area contributed by atoms with Crippen LogP contribution in [-0.4, -0.2) is 29.1 Å². The van der Waals surface area contributed by atoms with Crippen LogP contribution in [0, 0.1) is 0 Å². The van der Waals surface area contributed by atoms with E-state index in [1.807, 2.05) is 24.4 Å². The number of nitrogens with zero attached hydrogens (tertiary/aromatic N) is 2. The van der Waals surface area contributed by atoms with Crippen LogP contribution in [0.4, 0.5) is 5.69 Å². The first-order valence-electron chi connectivity index (χ1n) is 6.53. The van der Waals surface area contributed by atoms with E-state index in [1.54, 1.807) is 6.20 Å². The maximum absolute atomic E-state index is 6.03. The average molecular weight is 277 g/mol. The van der Waals surface area contributed by atoms with E-state index in [0.717, 1.165) is 36.9 Å². The van der Waals surface area contributed by atoms with Gasteiger partial charge in [0, 0.05) is 42.2 Å². The molecule has 1 fully saturated rings. The maximum atomic E-state index is 6.03. The van der Waals surface area contributed by atoms with Crippen molar-refractivity contribution < 1.29 is 0 Å². The van der Waals surface area contributed by atoms with E-state index in [0.29, 0.717) is 6.04 Å². The molecule has 0 radical (unpaired) electrons. The fraction of sp³-hybridized carbons (Fsp3) is 0.357. The molecule has 1 aromatic carbocycles. The summed E-state index contributed by atoms with van der Waals surface area (Å²) in [6, 6.07) is 8.55. The molecule has 0 spiro atoms. The van der Waals surface area contributed by atoms with Gasteiger partial charge in [0.2, 0.25) is 0 Å². The van der Waals surface area contributed by atoms with Crippen LogP contribution >= 0.6 is 11.6 Å². The highest BCUT2D eigenvalue weighted by atomic mass is 35.5. The zero-order chi connectivity index (χ0) is 13.1. The Morgan fingerprint density at radius 3 is 3.21 bits per heavy atom. The molecule has 0 aliphatic carbocycles. The van der Waals surface area contributed by atoms with Crippen LogP contribution < -0.4 is 10.2 Å². The minimum atomic E-state index is 0.504. The average Bonchev–Trinajstić information content (AvgIpc) is 3.08. The van der Waals surface area contributed by atoms with Crippen LogP contribution in [0.25, 0.3) is 0 Å². The first-order valence-corrected chi connectivity index (χ1v) is 6.91. The van der Waals surface area contributed by atoms with E-state index in [2.05, 4.69) is 26.3 Å². The molecule has 1 atom stereocenters. The van der Waals surface area contributed by atoms with Crippen LogP contribution in [-0.2, 0) is 6.54 Å². The third kappa shape index (κ3) is 3.08. The van der Waals surface area contributed by atoms with Crippen molar-refractivity contribution in [1.29, 1.82) is 0 Å². The number of hydrogen-bond donors (Lipinski definition) is 2. The Kier molecular flexibility index (Phi) is 3.71. The maximum Gasteiger partial charge on any atom is 0.120 e. The minimum Gasteiger partial charge on any atom is -0.370 e. The third-order valence-electron chi connectivity index (χ3n) is 3.47. The Morgan fingerprint density at radius 1 is 1.47 bits per heavy atom. The van der Waals surface area contributed by atoms with Crippen molar-refractivity contribution in [3.8, 4) is 0 Å². The van der Waals surface area contributed by atoms with Crippen molar-refractivity contribution in [3.63, 3.8) is 0 Å². The van der Waals surface area contributed by atoms with Crippen LogP contribution in [0.2, 0.25) is 5.02 Å². The van der Waals surface area contributed by atoms with Crippen molar-refractivity contribution in [1.82, 2.24) is 15.3 Å². The van der Waals surface area contributed by atoms with E-state index in [4.69, 9.17) is 11.6 Å². The number of aromatic nitrogens is 2. The molecule has 1 saturated heterocycles. The molecule has 3 rings (SSSR count). The van der Waals surface area contributed by atoms with E-state index >= 15 is 0 Å². The van der Waals surface area contributed by atoms with Crippen molar-refractivity contribution >= 4 is 17.3 Å². The molecule has 1 aromatic heterocycles. The Balaban J connectivity index is 1.55. The monoisotopic (exact) mass is 276 g/mol. The van der Waals surface area contributed by atoms with Crippen LogP contribution in [0.5, 0.6) is 0 Å². The van der Waals surface area contributed by atoms with E-state index in [1.165, 1.54) is 5.69 Å². The Labute approximate surface area is 117 Å². The lowest BCUT2D eigenvalue weighted by Gasteiger charge is -2.19. The Bertz CT molecular complexity index is 526. The summed E-state index contributed by atoms with van der Waals surface area (Å²) in [6.07, 6.45) is 4.78. The lowest BCUT2D eigenvalue weighted by Crippen LogP contribution is -2.32. The van der Waals surface area contributed by atoms with Crippen LogP contribution in [0.3, 0.4) is 0 Å². The number of imidazole rings is 1. The summed E-state index contributed by atoms with van der Waals surface area (Å²) in [5, 5.41) is 4.33. The van der Waals surface area contributed by atoms with Crippen LogP contribution in [0.15, 0.2) is 36.7 Å². The summed E-state index contributed by atoms with van der Waals surface area (Å²) in [5.74, 6) is 0.987. The number of aromatic amines is 1. The molecule has 0 amide bonds. The van der Waals surface area contributed by atoms with Gasteiger partial charge in [0.15, 0.2) is 0 Å². The molecule has 5 heteroatoms. The van der Waals surface area contributed by atoms with Gasteiger partial charge in [0.05, 0.1) is 6.54 Å². The van der Waals surface area contributed by atoms with Gasteiger partial charge >= 0.3 is 0 Å². The molecule has 2 N–H and O–H groups in total. The fourth-order valence-corrected chi connectivity index (χ4v) is 2.65. The number of anilines is 1. The predicted molar refractivity (Wildman–Crippen MR) is 77.5 cm³/mol. The molecule has 0 bridgehead atoms. The fourth-order valence-electron chi connectivity index (χ4n) is 2.47. The van der Waals surface area contributed by atoms with Gasteiger partial charge in [-0.15, -0.1) is 0 Å². The molecule has 2 aromatic rings. The summed E-state index contributed by atoms with van der Waals surface area (Å²) < 4.78 is 0. The SMILES string of the molecule is Clc1cccc(N2CCC(NCc3ncc[nH]3)C2)c1. The number of hydrogen-bond acceptors (Lipinski definition) is 3. The van der Waals surface area contributed by atoms with Gasteiger partial charge in [0.25, 0.3) is 0 Å². The molecular formula is C14H17ClN4. The second kappa shape index (κ2) is 5.63. The second-order valence-corrected chi connectivity index (χ2v) is 5.26. The Hall–Kier alpha value is -1.52. The molecule has 0 saturated carbocycles. The van der Waals surface area contributed by atoms with Crippen LogP contribution in [0.1, 0.15) is 12.2 Å². The third-order valence-corrected chi connectivity index (χ3v) is 3.71. The van der Waals surface area contributed by atoms with Gasteiger partial charge < -0.3 is 15.2 Å². The summed E-state index contributed by atoms with van der Waals surface area (Å²) in [7, 11) is 0. The molecule has 4 nitrogen and oxygen atoms in total. The predicted octanol–water partition coefficient (Wildman–Crippen LogP) is 2.43. The van der Waals surface area contributed by atoms with E-state index in [-0.39, 0.29) is 0 Å². The lowest BCUT2D eigenvalue weighted by atomic mass is 10.2. The normalized spacial score (nSPS) is 19.0. The lowest BCUT2D eigenvalue weighted by molar-refractivity contribution is 0.541. The molecule has 19 heavy (non-hydrogen) atoms. The first-order chi connectivity index (χ1) is 9.31. The minimum absolute atomic E-state index is 0.504. The summed E-state index contributed by atoms with van der Waals surface area (Å²) in [6.45, 7) is 2.87. The van der Waals surface area contributed by atoms with Gasteiger partial charge in [-0.3, -0.25) is 0 Å². The van der Waals surface area contributed by atoms with Crippen molar-refractivity contribution in [2.45, 2.75) is 19.0 Å².